The van der Waals surface area contributed by atoms with E-state index >= 15 is 0 Å². The van der Waals surface area contributed by atoms with E-state index in [0.29, 0.717) is 36.3 Å². The Morgan fingerprint density at radius 2 is 1.81 bits per heavy atom. The number of rotatable bonds is 3. The van der Waals surface area contributed by atoms with Crippen molar-refractivity contribution in [1.82, 2.24) is 4.90 Å². The Balaban J connectivity index is 1.63. The molecule has 1 saturated heterocycles. The molecule has 1 atom stereocenters. The largest absolute Gasteiger partial charge is 0.338 e. The zero-order valence-corrected chi connectivity index (χ0v) is 14.1. The summed E-state index contributed by atoms with van der Waals surface area (Å²) in [6, 6.07) is 14.1. The first-order chi connectivity index (χ1) is 12.6. The number of hydrogen-bond donors (Lipinski definition) is 1. The molecule has 5 nitrogen and oxygen atoms in total. The Morgan fingerprint density at radius 1 is 1.12 bits per heavy atom. The summed E-state index contributed by atoms with van der Waals surface area (Å²) in [5.41, 5.74) is 1.56. The molecule has 2 amide bonds. The molecule has 0 radical (unpaired) electrons. The van der Waals surface area contributed by atoms with Crippen molar-refractivity contribution in [2.45, 2.75) is 12.8 Å². The number of nitrogens with zero attached hydrogens (tertiary/aromatic N) is 2. The molecule has 26 heavy (non-hydrogen) atoms. The zero-order chi connectivity index (χ0) is 18.5. The fourth-order valence-electron chi connectivity index (χ4n) is 3.02. The molecule has 6 heteroatoms. The quantitative estimate of drug-likeness (QED) is 0.923. The van der Waals surface area contributed by atoms with Crippen LogP contribution in [0.25, 0.3) is 0 Å². The van der Waals surface area contributed by atoms with E-state index in [1.807, 2.05) is 6.07 Å². The van der Waals surface area contributed by atoms with Gasteiger partial charge in [0, 0.05) is 24.3 Å². The van der Waals surface area contributed by atoms with Crippen LogP contribution in [0.5, 0.6) is 0 Å². The van der Waals surface area contributed by atoms with Crippen molar-refractivity contribution in [3.63, 3.8) is 0 Å². The van der Waals surface area contributed by atoms with Gasteiger partial charge >= 0.3 is 0 Å². The first-order valence-corrected chi connectivity index (χ1v) is 8.42. The molecular weight excluding hydrogens is 333 g/mol. The second kappa shape index (κ2) is 7.79. The molecule has 2 aromatic carbocycles. The number of benzene rings is 2. The molecule has 0 unspecified atom stereocenters. The highest BCUT2D eigenvalue weighted by Gasteiger charge is 2.29. The van der Waals surface area contributed by atoms with Crippen LogP contribution in [0, 0.1) is 23.1 Å². The molecular formula is C20H18FN3O2. The summed E-state index contributed by atoms with van der Waals surface area (Å²) in [5, 5.41) is 11.6. The van der Waals surface area contributed by atoms with Crippen molar-refractivity contribution >= 4 is 17.5 Å². The number of amides is 2. The molecule has 1 aliphatic heterocycles. The van der Waals surface area contributed by atoms with Crippen molar-refractivity contribution in [1.29, 1.82) is 5.26 Å². The molecule has 1 fully saturated rings. The van der Waals surface area contributed by atoms with Gasteiger partial charge in [-0.25, -0.2) is 4.39 Å². The second-order valence-electron chi connectivity index (χ2n) is 6.28. The minimum atomic E-state index is -0.389. The monoisotopic (exact) mass is 351 g/mol. The highest BCUT2D eigenvalue weighted by Crippen LogP contribution is 2.21. The number of carbonyl (C=O) groups is 2. The zero-order valence-electron chi connectivity index (χ0n) is 14.1. The number of nitriles is 1. The first kappa shape index (κ1) is 17.6. The lowest BCUT2D eigenvalue weighted by molar-refractivity contribution is -0.121. The Labute approximate surface area is 151 Å². The van der Waals surface area contributed by atoms with E-state index in [0.717, 1.165) is 6.42 Å². The Morgan fingerprint density at radius 3 is 2.46 bits per heavy atom. The van der Waals surface area contributed by atoms with Crippen LogP contribution in [0.3, 0.4) is 0 Å². The molecule has 1 N–H and O–H groups in total. The number of likely N-dealkylation sites (tertiary alicyclic amines) is 1. The van der Waals surface area contributed by atoms with Crippen LogP contribution in [-0.2, 0) is 4.79 Å². The highest BCUT2D eigenvalue weighted by molar-refractivity contribution is 5.96. The van der Waals surface area contributed by atoms with Crippen LogP contribution in [0.1, 0.15) is 28.8 Å². The van der Waals surface area contributed by atoms with Gasteiger partial charge in [-0.05, 0) is 61.4 Å². The Kier molecular flexibility index (Phi) is 5.28. The van der Waals surface area contributed by atoms with Crippen LogP contribution in [0.2, 0.25) is 0 Å². The van der Waals surface area contributed by atoms with Gasteiger partial charge in [0.05, 0.1) is 17.6 Å². The fraction of sp³-hybridized carbons (Fsp3) is 0.250. The van der Waals surface area contributed by atoms with Crippen molar-refractivity contribution in [3.05, 3.63) is 65.5 Å². The van der Waals surface area contributed by atoms with E-state index in [1.165, 1.54) is 24.3 Å². The van der Waals surface area contributed by atoms with Gasteiger partial charge in [-0.2, -0.15) is 5.26 Å². The molecule has 0 bridgehead atoms. The third kappa shape index (κ3) is 4.06. The average molecular weight is 351 g/mol. The molecule has 0 saturated carbocycles. The topological polar surface area (TPSA) is 73.2 Å². The van der Waals surface area contributed by atoms with Gasteiger partial charge in [-0.3, -0.25) is 9.59 Å². The van der Waals surface area contributed by atoms with Crippen molar-refractivity contribution in [2.75, 3.05) is 18.4 Å². The van der Waals surface area contributed by atoms with E-state index < -0.39 is 0 Å². The predicted octanol–water partition coefficient (Wildman–Crippen LogP) is 3.19. The highest BCUT2D eigenvalue weighted by atomic mass is 19.1. The van der Waals surface area contributed by atoms with Crippen LogP contribution in [0.15, 0.2) is 48.5 Å². The van der Waals surface area contributed by atoms with E-state index in [1.54, 1.807) is 29.2 Å². The maximum Gasteiger partial charge on any atom is 0.253 e. The van der Waals surface area contributed by atoms with E-state index in [9.17, 15) is 14.0 Å². The lowest BCUT2D eigenvalue weighted by Gasteiger charge is -2.32. The fourth-order valence-corrected chi connectivity index (χ4v) is 3.02. The van der Waals surface area contributed by atoms with Crippen LogP contribution in [0.4, 0.5) is 10.1 Å². The van der Waals surface area contributed by atoms with Crippen molar-refractivity contribution < 1.29 is 14.0 Å². The number of halogens is 1. The minimum absolute atomic E-state index is 0.147. The van der Waals surface area contributed by atoms with E-state index in [4.69, 9.17) is 5.26 Å². The number of hydrogen-bond acceptors (Lipinski definition) is 3. The van der Waals surface area contributed by atoms with Gasteiger partial charge in [0.15, 0.2) is 0 Å². The third-order valence-electron chi connectivity index (χ3n) is 4.45. The van der Waals surface area contributed by atoms with Crippen LogP contribution >= 0.6 is 0 Å². The molecule has 132 valence electrons. The minimum Gasteiger partial charge on any atom is -0.338 e. The summed E-state index contributed by atoms with van der Waals surface area (Å²) in [6.07, 6.45) is 1.44. The lowest BCUT2D eigenvalue weighted by Crippen LogP contribution is -2.43. The van der Waals surface area contributed by atoms with Crippen molar-refractivity contribution in [2.24, 2.45) is 5.92 Å². The summed E-state index contributed by atoms with van der Waals surface area (Å²) in [6.45, 7) is 0.912. The molecule has 3 rings (SSSR count). The molecule has 1 aliphatic rings. The number of piperidine rings is 1. The molecule has 0 spiro atoms. The normalized spacial score (nSPS) is 16.6. The summed E-state index contributed by atoms with van der Waals surface area (Å²) >= 11 is 0. The number of anilines is 1. The van der Waals surface area contributed by atoms with Crippen molar-refractivity contribution in [3.8, 4) is 6.07 Å². The van der Waals surface area contributed by atoms with E-state index in [-0.39, 0.29) is 23.5 Å². The van der Waals surface area contributed by atoms with Gasteiger partial charge in [0.1, 0.15) is 5.82 Å². The standard InChI is InChI=1S/C20H18FN3O2/c21-17-7-5-15(6-8-17)20(26)24-11-1-2-16(13-24)19(25)23-18-9-3-14(12-22)4-10-18/h3-10,16H,1-2,11,13H2,(H,23,25)/t16-/m1/s1. The predicted molar refractivity (Wildman–Crippen MR) is 94.8 cm³/mol. The molecule has 1 heterocycles. The lowest BCUT2D eigenvalue weighted by atomic mass is 9.96. The van der Waals surface area contributed by atoms with Gasteiger partial charge in [-0.15, -0.1) is 0 Å². The summed E-state index contributed by atoms with van der Waals surface area (Å²) in [5.74, 6) is -1.03. The number of nitrogens with one attached hydrogen (secondary N) is 1. The SMILES string of the molecule is N#Cc1ccc(NC(=O)[C@@H]2CCCN(C(=O)c3ccc(F)cc3)C2)cc1. The Hall–Kier alpha value is -3.20. The maximum absolute atomic E-state index is 13.0. The molecule has 2 aromatic rings. The maximum atomic E-state index is 13.0. The van der Waals surface area contributed by atoms with Gasteiger partial charge < -0.3 is 10.2 Å². The van der Waals surface area contributed by atoms with Gasteiger partial charge in [0.2, 0.25) is 5.91 Å². The van der Waals surface area contributed by atoms with Crippen LogP contribution < -0.4 is 5.32 Å². The second-order valence-corrected chi connectivity index (χ2v) is 6.28. The molecule has 0 aliphatic carbocycles. The summed E-state index contributed by atoms with van der Waals surface area (Å²) in [7, 11) is 0. The third-order valence-corrected chi connectivity index (χ3v) is 4.45. The van der Waals surface area contributed by atoms with E-state index in [2.05, 4.69) is 5.32 Å². The number of carbonyl (C=O) groups excluding carboxylic acids is 2. The summed E-state index contributed by atoms with van der Waals surface area (Å²) < 4.78 is 13.0. The van der Waals surface area contributed by atoms with Gasteiger partial charge in [-0.1, -0.05) is 0 Å². The van der Waals surface area contributed by atoms with Gasteiger partial charge in [0.25, 0.3) is 5.91 Å². The smallest absolute Gasteiger partial charge is 0.253 e. The van der Waals surface area contributed by atoms with Crippen LogP contribution in [-0.4, -0.2) is 29.8 Å². The Bertz CT molecular complexity index is 841. The first-order valence-electron chi connectivity index (χ1n) is 8.42. The molecule has 0 aromatic heterocycles. The average Bonchev–Trinajstić information content (AvgIpc) is 2.68. The summed E-state index contributed by atoms with van der Waals surface area (Å²) in [4.78, 5) is 26.7.